The fourth-order valence-corrected chi connectivity index (χ4v) is 3.82. The Morgan fingerprint density at radius 3 is 2.94 bits per heavy atom. The van der Waals surface area contributed by atoms with Crippen molar-refractivity contribution in [1.29, 1.82) is 0 Å². The van der Waals surface area contributed by atoms with Crippen LogP contribution in [-0.2, 0) is 6.54 Å². The van der Waals surface area contributed by atoms with Gasteiger partial charge in [-0.15, -0.1) is 0 Å². The third-order valence-electron chi connectivity index (χ3n) is 5.50. The Balaban J connectivity index is 1.48. The average molecular weight is 419 g/mol. The lowest BCUT2D eigenvalue weighted by Gasteiger charge is -2.15. The van der Waals surface area contributed by atoms with Gasteiger partial charge in [0, 0.05) is 31.0 Å². The average Bonchev–Trinajstić information content (AvgIpc) is 3.53. The van der Waals surface area contributed by atoms with Crippen molar-refractivity contribution in [2.24, 2.45) is 0 Å². The highest BCUT2D eigenvalue weighted by atomic mass is 16.5. The predicted octanol–water partition coefficient (Wildman–Crippen LogP) is 2.79. The monoisotopic (exact) mass is 418 g/mol. The summed E-state index contributed by atoms with van der Waals surface area (Å²) in [6, 6.07) is 8.59. The number of ether oxygens (including phenoxy) is 1. The first-order valence-electron chi connectivity index (χ1n) is 10.6. The minimum absolute atomic E-state index is 0.0858. The van der Waals surface area contributed by atoms with Crippen LogP contribution in [0.3, 0.4) is 0 Å². The summed E-state index contributed by atoms with van der Waals surface area (Å²) in [6.07, 6.45) is 8.41. The lowest BCUT2D eigenvalue weighted by Crippen LogP contribution is -2.21. The first-order valence-corrected chi connectivity index (χ1v) is 10.6. The standard InChI is InChI=1S/C22H26N8O/c1-15(2)18-13-26-30-20(18)27-22(31-17-7-8-23-12-17)28-21(30)25-11-16-5-3-4-6-19(16)29-10-9-24-14-29/h3-6,9-10,13-15,17,23H,7-8,11-12H2,1-2H3,(H,25,27,28). The Morgan fingerprint density at radius 1 is 1.26 bits per heavy atom. The highest BCUT2D eigenvalue weighted by molar-refractivity contribution is 5.53. The van der Waals surface area contributed by atoms with E-state index in [1.165, 1.54) is 0 Å². The molecule has 0 amide bonds. The van der Waals surface area contributed by atoms with Gasteiger partial charge in [-0.1, -0.05) is 32.0 Å². The maximum absolute atomic E-state index is 6.08. The molecule has 31 heavy (non-hydrogen) atoms. The summed E-state index contributed by atoms with van der Waals surface area (Å²) >= 11 is 0. The van der Waals surface area contributed by atoms with Crippen LogP contribution in [0.5, 0.6) is 6.01 Å². The second-order valence-corrected chi connectivity index (χ2v) is 8.00. The van der Waals surface area contributed by atoms with Crippen LogP contribution in [0.15, 0.2) is 49.2 Å². The zero-order valence-electron chi connectivity index (χ0n) is 17.7. The van der Waals surface area contributed by atoms with Crippen LogP contribution in [0.1, 0.15) is 37.3 Å². The molecule has 160 valence electrons. The normalized spacial score (nSPS) is 16.3. The topological polar surface area (TPSA) is 94.2 Å². The molecule has 1 atom stereocenters. The molecule has 9 heteroatoms. The van der Waals surface area contributed by atoms with Gasteiger partial charge in [0.05, 0.1) is 18.2 Å². The lowest BCUT2D eigenvalue weighted by molar-refractivity contribution is 0.204. The zero-order valence-corrected chi connectivity index (χ0v) is 17.7. The van der Waals surface area contributed by atoms with Gasteiger partial charge in [0.2, 0.25) is 5.95 Å². The Labute approximate surface area is 180 Å². The summed E-state index contributed by atoms with van der Waals surface area (Å²) in [5, 5.41) is 11.3. The van der Waals surface area contributed by atoms with Crippen LogP contribution in [-0.4, -0.2) is 48.3 Å². The van der Waals surface area contributed by atoms with Gasteiger partial charge in [0.1, 0.15) is 6.10 Å². The number of rotatable bonds is 7. The fraction of sp³-hybridized carbons (Fsp3) is 0.364. The Kier molecular flexibility index (Phi) is 5.25. The van der Waals surface area contributed by atoms with Crippen LogP contribution in [0.25, 0.3) is 11.3 Å². The second-order valence-electron chi connectivity index (χ2n) is 8.00. The van der Waals surface area contributed by atoms with Crippen LogP contribution < -0.4 is 15.4 Å². The third-order valence-corrected chi connectivity index (χ3v) is 5.50. The van der Waals surface area contributed by atoms with Crippen molar-refractivity contribution >= 4 is 11.6 Å². The van der Waals surface area contributed by atoms with Gasteiger partial charge in [0.15, 0.2) is 5.65 Å². The van der Waals surface area contributed by atoms with E-state index in [9.17, 15) is 0 Å². The summed E-state index contributed by atoms with van der Waals surface area (Å²) in [5.41, 5.74) is 4.02. The number of para-hydroxylation sites is 1. The molecule has 2 N–H and O–H groups in total. The van der Waals surface area contributed by atoms with Gasteiger partial charge in [0.25, 0.3) is 0 Å². The van der Waals surface area contributed by atoms with Gasteiger partial charge < -0.3 is 19.9 Å². The van der Waals surface area contributed by atoms with Gasteiger partial charge >= 0.3 is 6.01 Å². The predicted molar refractivity (Wildman–Crippen MR) is 118 cm³/mol. The molecule has 1 aliphatic rings. The van der Waals surface area contributed by atoms with E-state index in [0.29, 0.717) is 24.4 Å². The van der Waals surface area contributed by atoms with Crippen molar-refractivity contribution in [2.45, 2.75) is 38.8 Å². The molecular weight excluding hydrogens is 392 g/mol. The molecule has 1 unspecified atom stereocenters. The van der Waals surface area contributed by atoms with E-state index in [2.05, 4.69) is 56.7 Å². The summed E-state index contributed by atoms with van der Waals surface area (Å²) in [7, 11) is 0. The number of anilines is 1. The van der Waals surface area contributed by atoms with Crippen molar-refractivity contribution in [3.63, 3.8) is 0 Å². The number of nitrogens with one attached hydrogen (secondary N) is 2. The first-order chi connectivity index (χ1) is 15.2. The Bertz CT molecular complexity index is 1160. The lowest BCUT2D eigenvalue weighted by atomic mass is 10.1. The molecule has 0 saturated carbocycles. The highest BCUT2D eigenvalue weighted by Gasteiger charge is 2.21. The third kappa shape index (κ3) is 3.96. The largest absolute Gasteiger partial charge is 0.459 e. The molecule has 3 aromatic heterocycles. The maximum Gasteiger partial charge on any atom is 0.322 e. The summed E-state index contributed by atoms with van der Waals surface area (Å²) in [5.74, 6) is 0.904. The number of hydrogen-bond acceptors (Lipinski definition) is 7. The fourth-order valence-electron chi connectivity index (χ4n) is 3.82. The minimum Gasteiger partial charge on any atom is -0.459 e. The summed E-state index contributed by atoms with van der Waals surface area (Å²) < 4.78 is 9.84. The van der Waals surface area contributed by atoms with E-state index in [0.717, 1.165) is 42.0 Å². The molecule has 1 aromatic carbocycles. The molecule has 0 radical (unpaired) electrons. The van der Waals surface area contributed by atoms with Gasteiger partial charge in [-0.2, -0.15) is 19.6 Å². The van der Waals surface area contributed by atoms with Crippen molar-refractivity contribution in [3.05, 3.63) is 60.3 Å². The van der Waals surface area contributed by atoms with Gasteiger partial charge in [-0.25, -0.2) is 4.98 Å². The number of imidazole rings is 1. The molecule has 1 aliphatic heterocycles. The van der Waals surface area contributed by atoms with E-state index < -0.39 is 0 Å². The number of benzene rings is 1. The number of aromatic nitrogens is 6. The number of hydrogen-bond donors (Lipinski definition) is 2. The summed E-state index contributed by atoms with van der Waals surface area (Å²) in [6.45, 7) is 6.60. The quantitative estimate of drug-likeness (QED) is 0.477. The van der Waals surface area contributed by atoms with E-state index in [4.69, 9.17) is 4.74 Å². The maximum atomic E-state index is 6.08. The van der Waals surface area contributed by atoms with Crippen molar-refractivity contribution in [2.75, 3.05) is 18.4 Å². The highest BCUT2D eigenvalue weighted by Crippen LogP contribution is 2.24. The number of nitrogens with zero attached hydrogens (tertiary/aromatic N) is 6. The van der Waals surface area contributed by atoms with Crippen molar-refractivity contribution in [3.8, 4) is 11.7 Å². The molecule has 0 spiro atoms. The van der Waals surface area contributed by atoms with E-state index in [-0.39, 0.29) is 6.10 Å². The van der Waals surface area contributed by atoms with Gasteiger partial charge in [-0.3, -0.25) is 0 Å². The molecule has 0 bridgehead atoms. The molecule has 5 rings (SSSR count). The molecule has 4 aromatic rings. The smallest absolute Gasteiger partial charge is 0.322 e. The molecule has 1 saturated heterocycles. The molecule has 1 fully saturated rings. The van der Waals surface area contributed by atoms with E-state index in [1.807, 2.05) is 29.1 Å². The van der Waals surface area contributed by atoms with Crippen LogP contribution >= 0.6 is 0 Å². The summed E-state index contributed by atoms with van der Waals surface area (Å²) in [4.78, 5) is 13.5. The van der Waals surface area contributed by atoms with Crippen LogP contribution in [0.2, 0.25) is 0 Å². The molecule has 9 nitrogen and oxygen atoms in total. The van der Waals surface area contributed by atoms with E-state index in [1.54, 1.807) is 17.0 Å². The Hall–Kier alpha value is -3.46. The van der Waals surface area contributed by atoms with Crippen molar-refractivity contribution < 1.29 is 4.74 Å². The second kappa shape index (κ2) is 8.35. The van der Waals surface area contributed by atoms with Crippen molar-refractivity contribution in [1.82, 2.24) is 34.4 Å². The van der Waals surface area contributed by atoms with Crippen LogP contribution in [0.4, 0.5) is 5.95 Å². The molecule has 0 aliphatic carbocycles. The van der Waals surface area contributed by atoms with Gasteiger partial charge in [-0.05, 0) is 30.5 Å². The Morgan fingerprint density at radius 2 is 2.16 bits per heavy atom. The van der Waals surface area contributed by atoms with E-state index >= 15 is 0 Å². The minimum atomic E-state index is 0.0858. The molecular formula is C22H26N8O. The zero-order chi connectivity index (χ0) is 21.2. The molecule has 4 heterocycles. The first kappa shape index (κ1) is 19.5. The van der Waals surface area contributed by atoms with Crippen LogP contribution in [0, 0.1) is 0 Å². The SMILES string of the molecule is CC(C)c1cnn2c(NCc3ccccc3-n3ccnc3)nc(OC3CCNC3)nc12. The number of fused-ring (bicyclic) bond motifs is 1.